The second-order valence-corrected chi connectivity index (χ2v) is 11.7. The number of carbonyl (C=O) groups excluding carboxylic acids is 1. The van der Waals surface area contributed by atoms with Crippen LogP contribution in [-0.4, -0.2) is 32.4 Å². The van der Waals surface area contributed by atoms with E-state index in [1.165, 1.54) is 0 Å². The third-order valence-electron chi connectivity index (χ3n) is 4.54. The van der Waals surface area contributed by atoms with Gasteiger partial charge < -0.3 is 9.47 Å². The van der Waals surface area contributed by atoms with Gasteiger partial charge >= 0.3 is 13.8 Å². The fourth-order valence-electron chi connectivity index (χ4n) is 2.97. The van der Waals surface area contributed by atoms with Crippen LogP contribution in [0.1, 0.15) is 37.0 Å². The van der Waals surface area contributed by atoms with E-state index < -0.39 is 13.8 Å². The molecule has 0 amide bonds. The lowest BCUT2D eigenvalue weighted by atomic mass is 10.2. The molecule has 2 aromatic carbocycles. The quantitative estimate of drug-likeness (QED) is 0.0499. The summed E-state index contributed by atoms with van der Waals surface area (Å²) >= 11 is 5.19. The molecule has 0 aliphatic rings. The number of hydrogen-bond donors (Lipinski definition) is 0. The Morgan fingerprint density at radius 1 is 0.914 bits per heavy atom. The van der Waals surface area contributed by atoms with Crippen LogP contribution < -0.4 is 9.47 Å². The minimum absolute atomic E-state index is 0.209. The summed E-state index contributed by atoms with van der Waals surface area (Å²) in [6.45, 7) is 4.49. The molecule has 0 radical (unpaired) electrons. The average molecular weight is 555 g/mol. The van der Waals surface area contributed by atoms with E-state index in [2.05, 4.69) is 0 Å². The normalized spacial score (nSPS) is 11.4. The van der Waals surface area contributed by atoms with Crippen LogP contribution in [0.4, 0.5) is 0 Å². The Hall–Kier alpha value is -1.91. The van der Waals surface area contributed by atoms with Crippen molar-refractivity contribution < 1.29 is 32.4 Å². The van der Waals surface area contributed by atoms with E-state index in [1.54, 1.807) is 70.9 Å². The maximum absolute atomic E-state index is 12.8. The number of unbranched alkanes of at least 4 members (excludes halogenated alkanes) is 1. The number of benzene rings is 2. The first kappa shape index (κ1) is 27.7. The Morgan fingerprint density at radius 2 is 1.60 bits per heavy atom. The maximum atomic E-state index is 12.8. The number of esters is 1. The molecule has 1 aromatic heterocycles. The summed E-state index contributed by atoms with van der Waals surface area (Å²) in [5.74, 6) is 0.372. The first-order valence-corrected chi connectivity index (χ1v) is 15.1. The molecule has 7 nitrogen and oxygen atoms in total. The van der Waals surface area contributed by atoms with E-state index >= 15 is 0 Å². The van der Waals surface area contributed by atoms with Crippen LogP contribution in [0.3, 0.4) is 0 Å². The average Bonchev–Trinajstić information content (AvgIpc) is 3.28. The van der Waals surface area contributed by atoms with E-state index in [0.717, 1.165) is 14.3 Å². The van der Waals surface area contributed by atoms with Gasteiger partial charge in [0, 0.05) is 4.88 Å². The molecule has 0 aliphatic carbocycles. The zero-order valence-corrected chi connectivity index (χ0v) is 22.8. The highest BCUT2D eigenvalue weighted by Crippen LogP contribution is 2.49. The summed E-state index contributed by atoms with van der Waals surface area (Å²) in [7, 11) is -0.333. The summed E-state index contributed by atoms with van der Waals surface area (Å²) < 4.78 is 40.0. The minimum atomic E-state index is -3.51. The van der Waals surface area contributed by atoms with Crippen molar-refractivity contribution in [1.82, 2.24) is 0 Å². The van der Waals surface area contributed by atoms with Crippen molar-refractivity contribution in [2.75, 3.05) is 26.4 Å². The van der Waals surface area contributed by atoms with Gasteiger partial charge in [0.1, 0.15) is 20.9 Å². The van der Waals surface area contributed by atoms with Crippen LogP contribution in [0.2, 0.25) is 0 Å². The Balaban J connectivity index is 1.50. The molecule has 0 saturated heterocycles. The van der Waals surface area contributed by atoms with Crippen LogP contribution in [0, 0.1) is 3.82 Å². The maximum Gasteiger partial charge on any atom is 0.474 e. The van der Waals surface area contributed by atoms with Gasteiger partial charge in [0.05, 0.1) is 26.4 Å². The Kier molecular flexibility index (Phi) is 11.1. The second kappa shape index (κ2) is 14.0. The highest BCUT2D eigenvalue weighted by atomic mass is 32.9. The number of carbonyl (C=O) groups is 1. The Bertz CT molecular complexity index is 1180. The molecule has 188 valence electrons. The monoisotopic (exact) mass is 554 g/mol. The molecular formula is C24H27O7PS3. The van der Waals surface area contributed by atoms with Crippen LogP contribution in [0.15, 0.2) is 54.6 Å². The van der Waals surface area contributed by atoms with Gasteiger partial charge in [-0.05, 0) is 74.7 Å². The van der Waals surface area contributed by atoms with Crippen molar-refractivity contribution in [3.8, 4) is 21.9 Å². The fraction of sp³-hybridized carbons (Fsp3) is 0.333. The van der Waals surface area contributed by atoms with Crippen LogP contribution >= 0.6 is 40.7 Å². The van der Waals surface area contributed by atoms with Crippen LogP contribution in [0.25, 0.3) is 10.4 Å². The van der Waals surface area contributed by atoms with Crippen molar-refractivity contribution in [2.24, 2.45) is 0 Å². The van der Waals surface area contributed by atoms with Gasteiger partial charge in [-0.1, -0.05) is 45.0 Å². The van der Waals surface area contributed by atoms with Crippen molar-refractivity contribution in [3.05, 3.63) is 64.0 Å². The first-order valence-electron chi connectivity index (χ1n) is 11.1. The van der Waals surface area contributed by atoms with Crippen molar-refractivity contribution in [1.29, 1.82) is 0 Å². The second-order valence-electron chi connectivity index (χ2n) is 7.08. The van der Waals surface area contributed by atoms with Gasteiger partial charge in [-0.2, -0.15) is 0 Å². The zero-order chi connectivity index (χ0) is 25.1. The highest BCUT2D eigenvalue weighted by Gasteiger charge is 2.24. The lowest BCUT2D eigenvalue weighted by molar-refractivity contribution is 0.0729. The topological polar surface area (TPSA) is 80.3 Å². The molecule has 11 heteroatoms. The number of hydrogen-bond acceptors (Lipinski definition) is 10. The molecule has 35 heavy (non-hydrogen) atoms. The van der Waals surface area contributed by atoms with Gasteiger partial charge in [0.2, 0.25) is 0 Å². The summed E-state index contributed by atoms with van der Waals surface area (Å²) in [6, 6.07) is 16.2. The van der Waals surface area contributed by atoms with Crippen molar-refractivity contribution in [2.45, 2.75) is 26.7 Å². The molecule has 0 atom stereocenters. The molecule has 3 rings (SSSR count). The van der Waals surface area contributed by atoms with Crippen LogP contribution in [0.5, 0.6) is 11.5 Å². The smallest absolute Gasteiger partial charge is 0.474 e. The Labute approximate surface area is 217 Å². The van der Waals surface area contributed by atoms with E-state index in [9.17, 15) is 9.36 Å². The zero-order valence-electron chi connectivity index (χ0n) is 19.5. The number of phosphoric acid groups is 1. The summed E-state index contributed by atoms with van der Waals surface area (Å²) in [6.07, 6.45) is 1.21. The van der Waals surface area contributed by atoms with Crippen molar-refractivity contribution in [3.63, 3.8) is 0 Å². The van der Waals surface area contributed by atoms with Gasteiger partial charge in [-0.25, -0.2) is 9.36 Å². The third-order valence-corrected chi connectivity index (χ3v) is 9.10. The highest BCUT2D eigenvalue weighted by molar-refractivity contribution is 7.80. The standard InChI is InChI=1S/C24H27O7PS3/c1-3-28-32(26,29-4-2)30-16-8-7-15-27-21-10-6-5-9-20(21)24(25)31-19-13-11-18(12-14-19)22-17-23(33)35-34-22/h5-6,9-14,17H,3-4,7-8,15-16H2,1-2H3. The molecular weight excluding hydrogens is 527 g/mol. The molecule has 0 bridgehead atoms. The van der Waals surface area contributed by atoms with Gasteiger partial charge in [-0.3, -0.25) is 13.6 Å². The SMILES string of the molecule is CCOP(=O)(OCC)OCCCCOc1ccccc1C(=O)Oc1ccc(-c2cc(=S)ss2)cc1. The van der Waals surface area contributed by atoms with Gasteiger partial charge in [-0.15, -0.1) is 0 Å². The largest absolute Gasteiger partial charge is 0.493 e. The molecule has 0 saturated carbocycles. The summed E-state index contributed by atoms with van der Waals surface area (Å²) in [5, 5.41) is 0. The van der Waals surface area contributed by atoms with Crippen molar-refractivity contribution >= 4 is 46.7 Å². The van der Waals surface area contributed by atoms with Gasteiger partial charge in [0.25, 0.3) is 0 Å². The summed E-state index contributed by atoms with van der Waals surface area (Å²) in [4.78, 5) is 13.9. The first-order chi connectivity index (χ1) is 16.9. The van der Waals surface area contributed by atoms with Gasteiger partial charge in [0.15, 0.2) is 0 Å². The molecule has 3 aromatic rings. The molecule has 0 aliphatic heterocycles. The minimum Gasteiger partial charge on any atom is -0.493 e. The lowest BCUT2D eigenvalue weighted by Crippen LogP contribution is -2.11. The number of para-hydroxylation sites is 1. The molecule has 1 heterocycles. The third kappa shape index (κ3) is 8.61. The number of phosphoric ester groups is 1. The molecule has 0 N–H and O–H groups in total. The predicted octanol–water partition coefficient (Wildman–Crippen LogP) is 7.78. The van der Waals surface area contributed by atoms with E-state index in [-0.39, 0.29) is 19.8 Å². The molecule has 0 spiro atoms. The fourth-order valence-corrected chi connectivity index (χ4v) is 6.58. The van der Waals surface area contributed by atoms with E-state index in [1.807, 2.05) is 18.2 Å². The predicted molar refractivity (Wildman–Crippen MR) is 141 cm³/mol. The summed E-state index contributed by atoms with van der Waals surface area (Å²) in [5.41, 5.74) is 1.36. The molecule has 0 unspecified atom stereocenters. The van der Waals surface area contributed by atoms with E-state index in [4.69, 9.17) is 35.3 Å². The van der Waals surface area contributed by atoms with E-state index in [0.29, 0.717) is 36.5 Å². The lowest BCUT2D eigenvalue weighted by Gasteiger charge is -2.16. The Morgan fingerprint density at radius 3 is 2.26 bits per heavy atom. The number of rotatable bonds is 14. The van der Waals surface area contributed by atoms with Crippen LogP contribution in [-0.2, 0) is 18.1 Å². The molecule has 0 fully saturated rings. The number of ether oxygens (including phenoxy) is 2.